The standard InChI is InChI=1S/C21H22N4O/c1-4-25-21-19(11-23-25)18-10-15(17-6-5-9-22-14(17)2)7-8-16(18)12-24(3)20(21)13-26/h5-11,13,26H,4,12H2,1-3H3. The van der Waals surface area contributed by atoms with Crippen molar-refractivity contribution in [1.29, 1.82) is 0 Å². The van der Waals surface area contributed by atoms with E-state index in [0.717, 1.165) is 52.4 Å². The summed E-state index contributed by atoms with van der Waals surface area (Å²) in [5.41, 5.74) is 8.45. The molecule has 0 amide bonds. The third kappa shape index (κ3) is 2.47. The fraction of sp³-hybridized carbons (Fsp3) is 0.238. The summed E-state index contributed by atoms with van der Waals surface area (Å²) < 4.78 is 1.94. The van der Waals surface area contributed by atoms with Gasteiger partial charge in [0.1, 0.15) is 6.26 Å². The predicted octanol–water partition coefficient (Wildman–Crippen LogP) is 4.24. The predicted molar refractivity (Wildman–Crippen MR) is 103 cm³/mol. The molecule has 1 N–H and O–H groups in total. The van der Waals surface area contributed by atoms with Crippen LogP contribution in [0.1, 0.15) is 23.9 Å². The maximum absolute atomic E-state index is 9.87. The van der Waals surface area contributed by atoms with Crippen LogP contribution in [0.4, 0.5) is 0 Å². The van der Waals surface area contributed by atoms with Crippen LogP contribution in [0.2, 0.25) is 0 Å². The molecule has 0 spiro atoms. The van der Waals surface area contributed by atoms with Crippen LogP contribution in [0.5, 0.6) is 0 Å². The highest BCUT2D eigenvalue weighted by Gasteiger charge is 2.25. The lowest BCUT2D eigenvalue weighted by Crippen LogP contribution is -2.17. The lowest BCUT2D eigenvalue weighted by molar-refractivity contribution is 0.425. The molecule has 1 aliphatic rings. The summed E-state index contributed by atoms with van der Waals surface area (Å²) in [5, 5.41) is 14.4. The van der Waals surface area contributed by atoms with E-state index in [9.17, 15) is 5.11 Å². The number of rotatable bonds is 2. The third-order valence-electron chi connectivity index (χ3n) is 5.04. The van der Waals surface area contributed by atoms with Gasteiger partial charge in [-0.25, -0.2) is 0 Å². The summed E-state index contributed by atoms with van der Waals surface area (Å²) in [5.74, 6) is 0. The molecule has 0 saturated heterocycles. The molecule has 5 heteroatoms. The van der Waals surface area contributed by atoms with Crippen molar-refractivity contribution in [1.82, 2.24) is 19.7 Å². The SMILES string of the molecule is CCn1ncc2c1C(=CO)N(C)Cc1ccc(-c3cccnc3C)cc1-2. The van der Waals surface area contributed by atoms with Crippen LogP contribution in [0.15, 0.2) is 49.0 Å². The average Bonchev–Trinajstić information content (AvgIpc) is 3.02. The first-order chi connectivity index (χ1) is 12.6. The smallest absolute Gasteiger partial charge is 0.105 e. The molecule has 0 bridgehead atoms. The maximum Gasteiger partial charge on any atom is 0.105 e. The Bertz CT molecular complexity index is 1000. The number of aliphatic hydroxyl groups excluding tert-OH is 1. The van der Waals surface area contributed by atoms with E-state index in [-0.39, 0.29) is 0 Å². The van der Waals surface area contributed by atoms with E-state index in [4.69, 9.17) is 0 Å². The van der Waals surface area contributed by atoms with Gasteiger partial charge in [-0.3, -0.25) is 9.67 Å². The van der Waals surface area contributed by atoms with E-state index < -0.39 is 0 Å². The highest BCUT2D eigenvalue weighted by Crippen LogP contribution is 2.39. The van der Waals surface area contributed by atoms with Crippen molar-refractivity contribution in [2.45, 2.75) is 26.9 Å². The zero-order chi connectivity index (χ0) is 18.3. The average molecular weight is 346 g/mol. The van der Waals surface area contributed by atoms with Gasteiger partial charge >= 0.3 is 0 Å². The lowest BCUT2D eigenvalue weighted by Gasteiger charge is -2.20. The molecular weight excluding hydrogens is 324 g/mol. The minimum absolute atomic E-state index is 0.729. The summed E-state index contributed by atoms with van der Waals surface area (Å²) in [7, 11) is 1.99. The Kier molecular flexibility index (Phi) is 3.99. The van der Waals surface area contributed by atoms with Gasteiger partial charge in [0.2, 0.25) is 0 Å². The summed E-state index contributed by atoms with van der Waals surface area (Å²) in [6, 6.07) is 10.6. The second kappa shape index (κ2) is 6.33. The van der Waals surface area contributed by atoms with Gasteiger partial charge in [-0.2, -0.15) is 5.10 Å². The largest absolute Gasteiger partial charge is 0.513 e. The van der Waals surface area contributed by atoms with E-state index in [2.05, 4.69) is 46.2 Å². The fourth-order valence-corrected chi connectivity index (χ4v) is 3.70. The van der Waals surface area contributed by atoms with Crippen LogP contribution in [-0.2, 0) is 13.1 Å². The van der Waals surface area contributed by atoms with Gasteiger partial charge < -0.3 is 10.0 Å². The topological polar surface area (TPSA) is 54.2 Å². The second-order valence-electron chi connectivity index (χ2n) is 6.60. The van der Waals surface area contributed by atoms with Gasteiger partial charge in [-0.05, 0) is 42.7 Å². The molecule has 0 atom stereocenters. The highest BCUT2D eigenvalue weighted by molar-refractivity contribution is 5.84. The highest BCUT2D eigenvalue weighted by atomic mass is 16.2. The van der Waals surface area contributed by atoms with Crippen molar-refractivity contribution in [3.8, 4) is 22.3 Å². The molecule has 1 aliphatic heterocycles. The van der Waals surface area contributed by atoms with Crippen molar-refractivity contribution in [2.75, 3.05) is 7.05 Å². The van der Waals surface area contributed by atoms with Gasteiger partial charge in [-0.1, -0.05) is 18.2 Å². The van der Waals surface area contributed by atoms with Crippen LogP contribution < -0.4 is 0 Å². The molecule has 3 heterocycles. The molecule has 0 fully saturated rings. The van der Waals surface area contributed by atoms with Crippen LogP contribution in [0.25, 0.3) is 28.0 Å². The molecule has 0 aliphatic carbocycles. The molecular formula is C21H22N4O. The van der Waals surface area contributed by atoms with Gasteiger partial charge in [0.25, 0.3) is 0 Å². The number of nitrogens with zero attached hydrogens (tertiary/aromatic N) is 4. The van der Waals surface area contributed by atoms with Crippen molar-refractivity contribution in [2.24, 2.45) is 0 Å². The molecule has 1 aromatic carbocycles. The Morgan fingerprint density at radius 1 is 1.19 bits per heavy atom. The minimum Gasteiger partial charge on any atom is -0.513 e. The molecule has 5 nitrogen and oxygen atoms in total. The quantitative estimate of drug-likeness (QED) is 0.705. The first kappa shape index (κ1) is 16.4. The molecule has 26 heavy (non-hydrogen) atoms. The fourth-order valence-electron chi connectivity index (χ4n) is 3.70. The molecule has 0 saturated carbocycles. The normalized spacial score (nSPS) is 14.9. The van der Waals surface area contributed by atoms with Crippen LogP contribution in [-0.4, -0.2) is 31.8 Å². The zero-order valence-electron chi connectivity index (χ0n) is 15.3. The number of aryl methyl sites for hydroxylation is 2. The van der Waals surface area contributed by atoms with E-state index in [1.807, 2.05) is 37.1 Å². The first-order valence-electron chi connectivity index (χ1n) is 8.81. The number of pyridine rings is 1. The van der Waals surface area contributed by atoms with Gasteiger partial charge in [0.15, 0.2) is 0 Å². The van der Waals surface area contributed by atoms with Crippen molar-refractivity contribution < 1.29 is 5.11 Å². The van der Waals surface area contributed by atoms with Gasteiger partial charge in [0.05, 0.1) is 17.6 Å². The number of benzene rings is 1. The Hall–Kier alpha value is -3.08. The zero-order valence-corrected chi connectivity index (χ0v) is 15.3. The number of fused-ring (bicyclic) bond motifs is 3. The number of hydrogen-bond acceptors (Lipinski definition) is 4. The molecule has 0 unspecified atom stereocenters. The van der Waals surface area contributed by atoms with E-state index in [1.165, 1.54) is 11.8 Å². The summed E-state index contributed by atoms with van der Waals surface area (Å²) in [4.78, 5) is 6.48. The van der Waals surface area contributed by atoms with E-state index >= 15 is 0 Å². The van der Waals surface area contributed by atoms with Crippen molar-refractivity contribution >= 4 is 5.70 Å². The molecule has 132 valence electrons. The maximum atomic E-state index is 9.87. The first-order valence-corrected chi connectivity index (χ1v) is 8.81. The molecule has 4 rings (SSSR count). The van der Waals surface area contributed by atoms with E-state index in [1.54, 1.807) is 0 Å². The van der Waals surface area contributed by atoms with Crippen LogP contribution in [0, 0.1) is 6.92 Å². The summed E-state index contributed by atoms with van der Waals surface area (Å²) in [6.07, 6.45) is 4.91. The van der Waals surface area contributed by atoms with Gasteiger partial charge in [0, 0.05) is 43.2 Å². The number of hydrogen-bond donors (Lipinski definition) is 1. The van der Waals surface area contributed by atoms with Crippen molar-refractivity contribution in [3.05, 3.63) is 65.9 Å². The Labute approximate surface area is 153 Å². The monoisotopic (exact) mass is 346 g/mol. The Balaban J connectivity index is 1.97. The lowest BCUT2D eigenvalue weighted by atomic mass is 9.95. The molecule has 3 aromatic rings. The molecule has 2 aromatic heterocycles. The van der Waals surface area contributed by atoms with Crippen LogP contribution >= 0.6 is 0 Å². The van der Waals surface area contributed by atoms with Gasteiger partial charge in [-0.15, -0.1) is 0 Å². The molecule has 0 radical (unpaired) electrons. The third-order valence-corrected chi connectivity index (χ3v) is 5.04. The number of aromatic nitrogens is 3. The minimum atomic E-state index is 0.729. The van der Waals surface area contributed by atoms with Crippen molar-refractivity contribution in [3.63, 3.8) is 0 Å². The summed E-state index contributed by atoms with van der Waals surface area (Å²) in [6.45, 7) is 5.56. The Morgan fingerprint density at radius 3 is 2.77 bits per heavy atom. The summed E-state index contributed by atoms with van der Waals surface area (Å²) >= 11 is 0. The second-order valence-corrected chi connectivity index (χ2v) is 6.60. The van der Waals surface area contributed by atoms with Crippen LogP contribution in [0.3, 0.4) is 0 Å². The number of aliphatic hydroxyl groups is 1. The Morgan fingerprint density at radius 2 is 2.04 bits per heavy atom. The van der Waals surface area contributed by atoms with E-state index in [0.29, 0.717) is 0 Å².